The number of sulfonamides is 1. The molecule has 190 valence electrons. The quantitative estimate of drug-likeness (QED) is 0.461. The average Bonchev–Trinajstić information content (AvgIpc) is 2.89. The molecule has 1 aliphatic heterocycles. The van der Waals surface area contributed by atoms with Gasteiger partial charge in [0.05, 0.1) is 11.4 Å². The Morgan fingerprint density at radius 2 is 1.50 bits per heavy atom. The number of carbonyl (C=O) groups excluding carboxylic acids is 1. The molecular weight excluding hydrogens is 470 g/mol. The SMILES string of the molecule is Cc1ccc(S(=O)(=O)N(CCc2ccccc2)CC(=O)N2CCN(c3cccc(C)c3C)CC2)cc1. The fraction of sp³-hybridized carbons (Fsp3) is 0.345. The lowest BCUT2D eigenvalue weighted by molar-refractivity contribution is -0.131. The van der Waals surface area contributed by atoms with Crippen molar-refractivity contribution in [2.24, 2.45) is 0 Å². The minimum absolute atomic E-state index is 0.153. The van der Waals surface area contributed by atoms with Crippen LogP contribution in [0.5, 0.6) is 0 Å². The highest BCUT2D eigenvalue weighted by Gasteiger charge is 2.30. The summed E-state index contributed by atoms with van der Waals surface area (Å²) < 4.78 is 28.4. The fourth-order valence-electron chi connectivity index (χ4n) is 4.57. The molecule has 1 aliphatic rings. The molecule has 0 aromatic heterocycles. The van der Waals surface area contributed by atoms with E-state index in [0.29, 0.717) is 19.5 Å². The molecule has 0 aliphatic carbocycles. The molecule has 7 heteroatoms. The van der Waals surface area contributed by atoms with Crippen LogP contribution in [0.25, 0.3) is 0 Å². The van der Waals surface area contributed by atoms with Crippen LogP contribution in [0.4, 0.5) is 5.69 Å². The van der Waals surface area contributed by atoms with Crippen LogP contribution in [-0.4, -0.2) is 62.8 Å². The van der Waals surface area contributed by atoms with Gasteiger partial charge < -0.3 is 9.80 Å². The summed E-state index contributed by atoms with van der Waals surface area (Å²) in [6.07, 6.45) is 0.541. The van der Waals surface area contributed by atoms with Crippen molar-refractivity contribution in [1.29, 1.82) is 0 Å². The van der Waals surface area contributed by atoms with E-state index in [9.17, 15) is 13.2 Å². The molecule has 1 saturated heterocycles. The molecule has 3 aromatic rings. The Labute approximate surface area is 215 Å². The van der Waals surface area contributed by atoms with E-state index in [-0.39, 0.29) is 23.9 Å². The van der Waals surface area contributed by atoms with Crippen LogP contribution >= 0.6 is 0 Å². The van der Waals surface area contributed by atoms with E-state index in [0.717, 1.165) is 24.2 Å². The van der Waals surface area contributed by atoms with Crippen molar-refractivity contribution in [3.8, 4) is 0 Å². The zero-order valence-corrected chi connectivity index (χ0v) is 22.2. The highest BCUT2D eigenvalue weighted by Crippen LogP contribution is 2.24. The molecule has 0 radical (unpaired) electrons. The average molecular weight is 506 g/mol. The van der Waals surface area contributed by atoms with Gasteiger partial charge in [-0.1, -0.05) is 60.2 Å². The lowest BCUT2D eigenvalue weighted by Gasteiger charge is -2.37. The Kier molecular flexibility index (Phi) is 8.11. The summed E-state index contributed by atoms with van der Waals surface area (Å²) in [6.45, 7) is 8.84. The van der Waals surface area contributed by atoms with Crippen molar-refractivity contribution in [2.45, 2.75) is 32.1 Å². The van der Waals surface area contributed by atoms with Gasteiger partial charge in [0.15, 0.2) is 0 Å². The number of benzene rings is 3. The van der Waals surface area contributed by atoms with Crippen molar-refractivity contribution in [2.75, 3.05) is 44.2 Å². The fourth-order valence-corrected chi connectivity index (χ4v) is 5.96. The van der Waals surface area contributed by atoms with Crippen LogP contribution in [-0.2, 0) is 21.2 Å². The first kappa shape index (κ1) is 25.9. The molecule has 1 fully saturated rings. The van der Waals surface area contributed by atoms with Gasteiger partial charge >= 0.3 is 0 Å². The van der Waals surface area contributed by atoms with Crippen molar-refractivity contribution < 1.29 is 13.2 Å². The summed E-state index contributed by atoms with van der Waals surface area (Å²) in [4.78, 5) is 17.6. The van der Waals surface area contributed by atoms with Crippen molar-refractivity contribution in [3.63, 3.8) is 0 Å². The van der Waals surface area contributed by atoms with Gasteiger partial charge in [-0.05, 0) is 62.1 Å². The van der Waals surface area contributed by atoms with Crippen molar-refractivity contribution >= 4 is 21.6 Å². The number of piperazine rings is 1. The van der Waals surface area contributed by atoms with E-state index in [2.05, 4.69) is 36.9 Å². The number of amides is 1. The summed E-state index contributed by atoms with van der Waals surface area (Å²) in [5.41, 5.74) is 5.74. The summed E-state index contributed by atoms with van der Waals surface area (Å²) in [5, 5.41) is 0. The molecule has 4 rings (SSSR count). The second kappa shape index (κ2) is 11.3. The van der Waals surface area contributed by atoms with E-state index in [1.807, 2.05) is 37.3 Å². The number of anilines is 1. The molecule has 1 amide bonds. The molecule has 0 spiro atoms. The first-order valence-electron chi connectivity index (χ1n) is 12.5. The molecule has 6 nitrogen and oxygen atoms in total. The summed E-state index contributed by atoms with van der Waals surface area (Å²) >= 11 is 0. The van der Waals surface area contributed by atoms with Crippen molar-refractivity contribution in [3.05, 3.63) is 95.1 Å². The van der Waals surface area contributed by atoms with E-state index >= 15 is 0 Å². The molecule has 3 aromatic carbocycles. The smallest absolute Gasteiger partial charge is 0.243 e. The monoisotopic (exact) mass is 505 g/mol. The van der Waals surface area contributed by atoms with E-state index < -0.39 is 10.0 Å². The third kappa shape index (κ3) is 5.97. The number of hydrogen-bond acceptors (Lipinski definition) is 4. The van der Waals surface area contributed by atoms with Gasteiger partial charge in [0.25, 0.3) is 0 Å². The molecule has 0 atom stereocenters. The predicted octanol–water partition coefficient (Wildman–Crippen LogP) is 4.19. The van der Waals surface area contributed by atoms with Gasteiger partial charge in [0.2, 0.25) is 15.9 Å². The first-order valence-corrected chi connectivity index (χ1v) is 13.9. The summed E-state index contributed by atoms with van der Waals surface area (Å²) in [7, 11) is -3.81. The van der Waals surface area contributed by atoms with E-state index in [1.165, 1.54) is 21.1 Å². The van der Waals surface area contributed by atoms with E-state index in [1.54, 1.807) is 29.2 Å². The van der Waals surface area contributed by atoms with Gasteiger partial charge in [-0.25, -0.2) is 8.42 Å². The molecule has 0 N–H and O–H groups in total. The van der Waals surface area contributed by atoms with Crippen LogP contribution in [0.15, 0.2) is 77.7 Å². The molecule has 0 saturated carbocycles. The largest absolute Gasteiger partial charge is 0.368 e. The second-order valence-electron chi connectivity index (χ2n) is 9.47. The molecule has 1 heterocycles. The highest BCUT2D eigenvalue weighted by atomic mass is 32.2. The molecule has 36 heavy (non-hydrogen) atoms. The van der Waals surface area contributed by atoms with Gasteiger partial charge in [-0.2, -0.15) is 4.31 Å². The zero-order chi connectivity index (χ0) is 25.7. The molecular formula is C29H35N3O3S. The molecule has 0 unspecified atom stereocenters. The topological polar surface area (TPSA) is 60.9 Å². The maximum absolute atomic E-state index is 13.5. The Bertz CT molecular complexity index is 1280. The van der Waals surface area contributed by atoms with Gasteiger partial charge in [-0.3, -0.25) is 4.79 Å². The van der Waals surface area contributed by atoms with Crippen molar-refractivity contribution in [1.82, 2.24) is 9.21 Å². The Hall–Kier alpha value is -3.16. The summed E-state index contributed by atoms with van der Waals surface area (Å²) in [6, 6.07) is 22.9. The predicted molar refractivity (Wildman–Crippen MR) is 145 cm³/mol. The maximum atomic E-state index is 13.5. The standard InChI is InChI=1S/C29H35N3O3S/c1-23-12-14-27(15-13-23)36(34,35)32(17-16-26-9-5-4-6-10-26)22-29(33)31-20-18-30(19-21-31)28-11-7-8-24(2)25(28)3/h4-15H,16-22H2,1-3H3. The number of nitrogens with zero attached hydrogens (tertiary/aromatic N) is 3. The minimum Gasteiger partial charge on any atom is -0.368 e. The number of hydrogen-bond donors (Lipinski definition) is 0. The van der Waals surface area contributed by atoms with Crippen LogP contribution < -0.4 is 4.90 Å². The molecule has 0 bridgehead atoms. The number of rotatable bonds is 8. The van der Waals surface area contributed by atoms with Gasteiger partial charge in [-0.15, -0.1) is 0 Å². The van der Waals surface area contributed by atoms with Crippen LogP contribution in [0, 0.1) is 20.8 Å². The third-order valence-electron chi connectivity index (χ3n) is 7.01. The van der Waals surface area contributed by atoms with Crippen LogP contribution in [0.1, 0.15) is 22.3 Å². The highest BCUT2D eigenvalue weighted by molar-refractivity contribution is 7.89. The number of carbonyl (C=O) groups is 1. The lowest BCUT2D eigenvalue weighted by Crippen LogP contribution is -2.52. The Morgan fingerprint density at radius 3 is 2.17 bits per heavy atom. The second-order valence-corrected chi connectivity index (χ2v) is 11.4. The maximum Gasteiger partial charge on any atom is 0.243 e. The Morgan fingerprint density at radius 1 is 0.833 bits per heavy atom. The lowest BCUT2D eigenvalue weighted by atomic mass is 10.1. The van der Waals surface area contributed by atoms with E-state index in [4.69, 9.17) is 0 Å². The normalized spacial score (nSPS) is 14.3. The summed E-state index contributed by atoms with van der Waals surface area (Å²) in [5.74, 6) is -0.153. The zero-order valence-electron chi connectivity index (χ0n) is 21.4. The van der Waals surface area contributed by atoms with Crippen LogP contribution in [0.2, 0.25) is 0 Å². The van der Waals surface area contributed by atoms with Gasteiger partial charge in [0.1, 0.15) is 0 Å². The Balaban J connectivity index is 1.47. The minimum atomic E-state index is -3.81. The van der Waals surface area contributed by atoms with Gasteiger partial charge in [0, 0.05) is 38.4 Å². The first-order chi connectivity index (χ1) is 17.3. The van der Waals surface area contributed by atoms with Crippen LogP contribution in [0.3, 0.4) is 0 Å². The third-order valence-corrected chi connectivity index (χ3v) is 8.87. The number of aryl methyl sites for hydroxylation is 2.